The molecule has 0 spiro atoms. The van der Waals surface area contributed by atoms with Crippen LogP contribution in [0.2, 0.25) is 0 Å². The van der Waals surface area contributed by atoms with Crippen LogP contribution in [0.1, 0.15) is 0 Å². The zero-order valence-electron chi connectivity index (χ0n) is 23.1. The quantitative estimate of drug-likeness (QED) is 0.119. The van der Waals surface area contributed by atoms with Crippen LogP contribution in [0.15, 0.2) is 168 Å². The molecule has 2 heteroatoms. The van der Waals surface area contributed by atoms with E-state index >= 15 is 0 Å². The van der Waals surface area contributed by atoms with Gasteiger partial charge in [0.05, 0.1) is 0 Å². The molecule has 198 valence electrons. The summed E-state index contributed by atoms with van der Waals surface area (Å²) >= 11 is 0. The van der Waals surface area contributed by atoms with E-state index in [1.165, 1.54) is 48.2 Å². The lowest BCUT2D eigenvalue weighted by Crippen LogP contribution is -2.51. The number of para-hydroxylation sites is 1. The lowest BCUT2D eigenvalue weighted by Gasteiger charge is -2.19. The van der Waals surface area contributed by atoms with Gasteiger partial charge in [-0.05, 0) is 44.8 Å². The van der Waals surface area contributed by atoms with Gasteiger partial charge in [0, 0.05) is 10.9 Å². The Morgan fingerprint density at radius 3 is 1.38 bits per heavy atom. The van der Waals surface area contributed by atoms with Crippen molar-refractivity contribution in [3.8, 4) is 22.5 Å². The Labute approximate surface area is 246 Å². The summed E-state index contributed by atoms with van der Waals surface area (Å²) < 4.78 is 6.45. The minimum absolute atomic E-state index is 0.907. The maximum atomic E-state index is 6.45. The molecule has 0 amide bonds. The van der Waals surface area contributed by atoms with Crippen molar-refractivity contribution in [3.05, 3.63) is 164 Å². The van der Waals surface area contributed by atoms with Gasteiger partial charge in [-0.25, -0.2) is 0 Å². The third-order valence-electron chi connectivity index (χ3n) is 8.40. The minimum Gasteiger partial charge on any atom is -0.456 e. The molecule has 0 aliphatic carbocycles. The maximum Gasteiger partial charge on any atom is 0.136 e. The van der Waals surface area contributed by atoms with Gasteiger partial charge >= 0.3 is 0 Å². The topological polar surface area (TPSA) is 13.1 Å². The van der Waals surface area contributed by atoms with Crippen molar-refractivity contribution in [2.24, 2.45) is 0 Å². The SMILES string of the molecule is c1ccc([SiH](c2ccccc2)c2ccc(-c3c4ccccc4c(-c4cc5ccccc5o4)c4ccccc34)cc2)cc1. The fourth-order valence-corrected chi connectivity index (χ4v) is 9.47. The largest absolute Gasteiger partial charge is 0.456 e. The first-order valence-corrected chi connectivity index (χ1v) is 16.2. The van der Waals surface area contributed by atoms with Gasteiger partial charge in [0.2, 0.25) is 0 Å². The molecule has 7 aromatic carbocycles. The highest BCUT2D eigenvalue weighted by molar-refractivity contribution is 6.95. The van der Waals surface area contributed by atoms with Crippen LogP contribution in [0.5, 0.6) is 0 Å². The van der Waals surface area contributed by atoms with E-state index in [0.717, 1.165) is 22.3 Å². The van der Waals surface area contributed by atoms with Crippen LogP contribution < -0.4 is 15.6 Å². The molecule has 1 heterocycles. The van der Waals surface area contributed by atoms with E-state index in [2.05, 4.69) is 152 Å². The number of hydrogen-bond donors (Lipinski definition) is 0. The van der Waals surface area contributed by atoms with Gasteiger partial charge in [0.25, 0.3) is 0 Å². The minimum atomic E-state index is -1.60. The Bertz CT molecular complexity index is 2050. The van der Waals surface area contributed by atoms with Crippen LogP contribution in [0, 0.1) is 0 Å². The number of hydrogen-bond acceptors (Lipinski definition) is 1. The Morgan fingerprint density at radius 2 is 0.833 bits per heavy atom. The van der Waals surface area contributed by atoms with E-state index in [1.54, 1.807) is 0 Å². The second-order valence-corrected chi connectivity index (χ2v) is 13.7. The Hall–Kier alpha value is -5.18. The average Bonchev–Trinajstić information content (AvgIpc) is 3.49. The highest BCUT2D eigenvalue weighted by Crippen LogP contribution is 2.44. The Balaban J connectivity index is 1.33. The van der Waals surface area contributed by atoms with Gasteiger partial charge in [-0.3, -0.25) is 0 Å². The third-order valence-corrected chi connectivity index (χ3v) is 11.6. The summed E-state index contributed by atoms with van der Waals surface area (Å²) in [5.74, 6) is 0.907. The van der Waals surface area contributed by atoms with Gasteiger partial charge in [0.1, 0.15) is 20.1 Å². The molecule has 0 bridgehead atoms. The van der Waals surface area contributed by atoms with Crippen molar-refractivity contribution < 1.29 is 4.42 Å². The third kappa shape index (κ3) is 4.16. The summed E-state index contributed by atoms with van der Waals surface area (Å²) in [5.41, 5.74) is 4.57. The molecule has 0 N–H and O–H groups in total. The molecule has 1 aromatic heterocycles. The van der Waals surface area contributed by atoms with E-state index in [9.17, 15) is 0 Å². The predicted molar refractivity (Wildman–Crippen MR) is 181 cm³/mol. The van der Waals surface area contributed by atoms with E-state index in [1.807, 2.05) is 12.1 Å². The van der Waals surface area contributed by atoms with Gasteiger partial charge < -0.3 is 4.42 Å². The van der Waals surface area contributed by atoms with Crippen LogP contribution >= 0.6 is 0 Å². The Kier molecular flexibility index (Phi) is 6.05. The number of fused-ring (bicyclic) bond motifs is 3. The van der Waals surface area contributed by atoms with Gasteiger partial charge in [-0.15, -0.1) is 0 Å². The summed E-state index contributed by atoms with van der Waals surface area (Å²) in [7, 11) is -1.60. The first-order chi connectivity index (χ1) is 20.8. The maximum absolute atomic E-state index is 6.45. The predicted octanol–water partition coefficient (Wildman–Crippen LogP) is 8.32. The normalized spacial score (nSPS) is 11.5. The Morgan fingerprint density at radius 1 is 0.381 bits per heavy atom. The molecule has 0 aliphatic rings. The molecule has 8 rings (SSSR count). The smallest absolute Gasteiger partial charge is 0.136 e. The molecule has 8 aromatic rings. The zero-order valence-corrected chi connectivity index (χ0v) is 24.2. The van der Waals surface area contributed by atoms with Crippen LogP contribution in [-0.2, 0) is 0 Å². The van der Waals surface area contributed by atoms with Gasteiger partial charge in [-0.2, -0.15) is 0 Å². The van der Waals surface area contributed by atoms with Crippen LogP contribution in [0.4, 0.5) is 0 Å². The fraction of sp³-hybridized carbons (Fsp3) is 0. The summed E-state index contributed by atoms with van der Waals surface area (Å²) in [6, 6.07) is 59.3. The molecule has 0 saturated heterocycles. The van der Waals surface area contributed by atoms with Crippen molar-refractivity contribution >= 4 is 56.9 Å². The van der Waals surface area contributed by atoms with E-state index < -0.39 is 8.80 Å². The molecular formula is C40H28OSi. The molecule has 0 fully saturated rings. The lowest BCUT2D eigenvalue weighted by molar-refractivity contribution is 0.633. The summed E-state index contributed by atoms with van der Waals surface area (Å²) in [4.78, 5) is 0. The first kappa shape index (κ1) is 24.6. The van der Waals surface area contributed by atoms with Gasteiger partial charge in [-0.1, -0.05) is 167 Å². The highest BCUT2D eigenvalue weighted by atomic mass is 28.3. The van der Waals surface area contributed by atoms with E-state index in [0.29, 0.717) is 0 Å². The van der Waals surface area contributed by atoms with E-state index in [-0.39, 0.29) is 0 Å². The number of rotatable bonds is 5. The molecule has 42 heavy (non-hydrogen) atoms. The van der Waals surface area contributed by atoms with Crippen LogP contribution in [0.25, 0.3) is 55.0 Å². The monoisotopic (exact) mass is 552 g/mol. The molecular weight excluding hydrogens is 525 g/mol. The molecule has 0 unspecified atom stereocenters. The zero-order chi connectivity index (χ0) is 27.9. The number of benzene rings is 7. The standard InChI is InChI=1S/C40H28OSi/c1-3-14-30(15-4-1)42(31-16-5-2-6-17-31)32-25-23-28(24-26-32)39-33-18-8-10-20-35(33)40(36-21-11-9-19-34(36)39)38-27-29-13-7-12-22-37(29)41-38/h1-27,42H. The summed E-state index contributed by atoms with van der Waals surface area (Å²) in [6.45, 7) is 0. The molecule has 0 radical (unpaired) electrons. The van der Waals surface area contributed by atoms with Crippen molar-refractivity contribution in [3.63, 3.8) is 0 Å². The number of furan rings is 1. The van der Waals surface area contributed by atoms with Crippen molar-refractivity contribution in [1.82, 2.24) is 0 Å². The second kappa shape index (κ2) is 10.3. The van der Waals surface area contributed by atoms with Crippen molar-refractivity contribution in [1.29, 1.82) is 0 Å². The van der Waals surface area contributed by atoms with Gasteiger partial charge in [0.15, 0.2) is 0 Å². The average molecular weight is 553 g/mol. The molecule has 0 aliphatic heterocycles. The van der Waals surface area contributed by atoms with E-state index in [4.69, 9.17) is 4.42 Å². The van der Waals surface area contributed by atoms with Crippen molar-refractivity contribution in [2.75, 3.05) is 0 Å². The summed E-state index contributed by atoms with van der Waals surface area (Å²) in [6.07, 6.45) is 0. The first-order valence-electron chi connectivity index (χ1n) is 14.5. The molecule has 0 atom stereocenters. The van der Waals surface area contributed by atoms with Crippen LogP contribution in [0.3, 0.4) is 0 Å². The van der Waals surface area contributed by atoms with Crippen LogP contribution in [-0.4, -0.2) is 8.80 Å². The second-order valence-electron chi connectivity index (χ2n) is 10.9. The molecule has 0 saturated carbocycles. The van der Waals surface area contributed by atoms with Crippen molar-refractivity contribution in [2.45, 2.75) is 0 Å². The molecule has 1 nitrogen and oxygen atoms in total. The lowest BCUT2D eigenvalue weighted by atomic mass is 9.87. The highest BCUT2D eigenvalue weighted by Gasteiger charge is 2.21. The summed E-state index contributed by atoms with van der Waals surface area (Å²) in [5, 5.41) is 10.3. The fourth-order valence-electron chi connectivity index (χ4n) is 6.52.